The number of rotatable bonds is 4. The second-order valence-corrected chi connectivity index (χ2v) is 6.76. The van der Waals surface area contributed by atoms with E-state index in [1.807, 2.05) is 13.8 Å². The van der Waals surface area contributed by atoms with Gasteiger partial charge in [-0.25, -0.2) is 0 Å². The Morgan fingerprint density at radius 3 is 2.39 bits per heavy atom. The van der Waals surface area contributed by atoms with Crippen molar-refractivity contribution in [2.24, 2.45) is 10.3 Å². The third kappa shape index (κ3) is 4.78. The van der Waals surface area contributed by atoms with Crippen molar-refractivity contribution in [1.82, 2.24) is 0 Å². The minimum atomic E-state index is -3.68. The highest BCUT2D eigenvalue weighted by Crippen LogP contribution is 2.16. The van der Waals surface area contributed by atoms with Crippen LogP contribution in [0.25, 0.3) is 0 Å². The Balaban J connectivity index is 2.87. The number of benzene rings is 1. The van der Waals surface area contributed by atoms with Crippen molar-refractivity contribution in [3.8, 4) is 0 Å². The van der Waals surface area contributed by atoms with Gasteiger partial charge in [0.25, 0.3) is 10.0 Å². The van der Waals surface area contributed by atoms with Crippen LogP contribution in [0, 0.1) is 5.92 Å². The highest BCUT2D eigenvalue weighted by Gasteiger charge is 2.13. The van der Waals surface area contributed by atoms with Crippen LogP contribution in [-0.2, 0) is 14.8 Å². The van der Waals surface area contributed by atoms with E-state index in [-0.39, 0.29) is 10.8 Å². The van der Waals surface area contributed by atoms with Crippen LogP contribution in [0.5, 0.6) is 0 Å². The van der Waals surface area contributed by atoms with Crippen LogP contribution in [0.2, 0.25) is 0 Å². The van der Waals surface area contributed by atoms with E-state index in [0.717, 1.165) is 4.47 Å². The molecule has 1 aromatic carbocycles. The van der Waals surface area contributed by atoms with Crippen molar-refractivity contribution in [2.45, 2.75) is 25.7 Å². The molecule has 0 fully saturated rings. The van der Waals surface area contributed by atoms with Crippen molar-refractivity contribution in [2.75, 3.05) is 6.61 Å². The summed E-state index contributed by atoms with van der Waals surface area (Å²) in [5.41, 5.74) is 0. The average Bonchev–Trinajstić information content (AvgIpc) is 2.26. The summed E-state index contributed by atoms with van der Waals surface area (Å²) < 4.78 is 33.5. The molecule has 6 heteroatoms. The maximum Gasteiger partial charge on any atom is 0.285 e. The van der Waals surface area contributed by atoms with Crippen LogP contribution < -0.4 is 0 Å². The fraction of sp³-hybridized carbons (Fsp3) is 0.417. The van der Waals surface area contributed by atoms with E-state index < -0.39 is 10.0 Å². The summed E-state index contributed by atoms with van der Waals surface area (Å²) in [7, 11) is -3.68. The number of sulfonamides is 1. The van der Waals surface area contributed by atoms with Crippen molar-refractivity contribution in [1.29, 1.82) is 0 Å². The number of hydrogen-bond donors (Lipinski definition) is 0. The van der Waals surface area contributed by atoms with E-state index in [1.165, 1.54) is 12.1 Å². The van der Waals surface area contributed by atoms with Gasteiger partial charge in [0.1, 0.15) is 0 Å². The zero-order valence-corrected chi connectivity index (χ0v) is 13.0. The first kappa shape index (κ1) is 15.2. The normalized spacial score (nSPS) is 12.8. The van der Waals surface area contributed by atoms with Crippen molar-refractivity contribution < 1.29 is 13.2 Å². The lowest BCUT2D eigenvalue weighted by atomic mass is 10.2. The van der Waals surface area contributed by atoms with E-state index in [2.05, 4.69) is 20.3 Å². The molecule has 0 aromatic heterocycles. The van der Waals surface area contributed by atoms with E-state index in [0.29, 0.717) is 12.5 Å². The summed E-state index contributed by atoms with van der Waals surface area (Å²) in [6.07, 6.45) is 0. The monoisotopic (exact) mass is 333 g/mol. The predicted octanol–water partition coefficient (Wildman–Crippen LogP) is 3.23. The molecular formula is C12H16BrNO3S. The summed E-state index contributed by atoms with van der Waals surface area (Å²) in [6, 6.07) is 6.32. The van der Waals surface area contributed by atoms with Gasteiger partial charge in [-0.2, -0.15) is 8.42 Å². The standard InChI is InChI=1S/C12H16BrNO3S/c1-9(2)8-17-10(3)14-18(15,16)12-6-4-11(13)5-7-12/h4-7,9H,8H2,1-3H3/b14-10+. The molecule has 0 saturated heterocycles. The fourth-order valence-corrected chi connectivity index (χ4v) is 2.38. The summed E-state index contributed by atoms with van der Waals surface area (Å²) in [6.45, 7) is 5.96. The van der Waals surface area contributed by atoms with Gasteiger partial charge in [-0.1, -0.05) is 29.8 Å². The van der Waals surface area contributed by atoms with Crippen molar-refractivity contribution in [3.05, 3.63) is 28.7 Å². The van der Waals surface area contributed by atoms with Gasteiger partial charge >= 0.3 is 0 Å². The van der Waals surface area contributed by atoms with Crippen LogP contribution in [0.1, 0.15) is 20.8 Å². The van der Waals surface area contributed by atoms with Gasteiger partial charge < -0.3 is 4.74 Å². The molecular weight excluding hydrogens is 318 g/mol. The smallest absolute Gasteiger partial charge is 0.285 e. The van der Waals surface area contributed by atoms with Gasteiger partial charge in [-0.3, -0.25) is 0 Å². The average molecular weight is 334 g/mol. The molecule has 0 amide bonds. The fourth-order valence-electron chi connectivity index (χ4n) is 1.14. The van der Waals surface area contributed by atoms with Crippen molar-refractivity contribution >= 4 is 31.9 Å². The molecule has 0 aliphatic heterocycles. The minimum Gasteiger partial charge on any atom is -0.480 e. The maximum atomic E-state index is 11.9. The highest BCUT2D eigenvalue weighted by atomic mass is 79.9. The molecule has 0 unspecified atom stereocenters. The second kappa shape index (κ2) is 6.33. The zero-order valence-electron chi connectivity index (χ0n) is 10.6. The SMILES string of the molecule is C/C(=N\S(=O)(=O)c1ccc(Br)cc1)OCC(C)C. The summed E-state index contributed by atoms with van der Waals surface area (Å²) in [5.74, 6) is 0.483. The Kier molecular flexibility index (Phi) is 5.34. The molecule has 0 atom stereocenters. The number of halogens is 1. The van der Waals surface area contributed by atoms with E-state index in [4.69, 9.17) is 4.74 Å². The van der Waals surface area contributed by atoms with Gasteiger partial charge in [0.05, 0.1) is 11.5 Å². The molecule has 0 N–H and O–H groups in total. The summed E-state index contributed by atoms with van der Waals surface area (Å²) in [5, 5.41) is 0. The quantitative estimate of drug-likeness (QED) is 0.627. The molecule has 0 radical (unpaired) electrons. The predicted molar refractivity (Wildman–Crippen MR) is 75.2 cm³/mol. The highest BCUT2D eigenvalue weighted by molar-refractivity contribution is 9.10. The number of hydrogen-bond acceptors (Lipinski definition) is 3. The van der Waals surface area contributed by atoms with Crippen LogP contribution in [0.4, 0.5) is 0 Å². The Morgan fingerprint density at radius 2 is 1.89 bits per heavy atom. The Bertz CT molecular complexity index is 521. The van der Waals surface area contributed by atoms with E-state index >= 15 is 0 Å². The molecule has 1 rings (SSSR count). The van der Waals surface area contributed by atoms with Gasteiger partial charge in [0.2, 0.25) is 0 Å². The van der Waals surface area contributed by atoms with E-state index in [1.54, 1.807) is 19.1 Å². The van der Waals surface area contributed by atoms with Gasteiger partial charge in [-0.05, 0) is 30.2 Å². The molecule has 18 heavy (non-hydrogen) atoms. The number of ether oxygens (including phenoxy) is 1. The Morgan fingerprint density at radius 1 is 1.33 bits per heavy atom. The van der Waals surface area contributed by atoms with Crippen LogP contribution >= 0.6 is 15.9 Å². The molecule has 4 nitrogen and oxygen atoms in total. The third-order valence-corrected chi connectivity index (χ3v) is 3.88. The first-order valence-electron chi connectivity index (χ1n) is 5.51. The molecule has 100 valence electrons. The molecule has 0 aliphatic rings. The topological polar surface area (TPSA) is 55.7 Å². The third-order valence-electron chi connectivity index (χ3n) is 1.99. The van der Waals surface area contributed by atoms with E-state index in [9.17, 15) is 8.42 Å². The van der Waals surface area contributed by atoms with Crippen LogP contribution in [0.15, 0.2) is 38.0 Å². The first-order valence-corrected chi connectivity index (χ1v) is 7.74. The molecule has 0 saturated carbocycles. The van der Waals surface area contributed by atoms with Gasteiger partial charge in [0, 0.05) is 11.4 Å². The second-order valence-electron chi connectivity index (χ2n) is 4.24. The molecule has 0 heterocycles. The molecule has 0 bridgehead atoms. The lowest BCUT2D eigenvalue weighted by Gasteiger charge is -2.07. The van der Waals surface area contributed by atoms with Crippen molar-refractivity contribution in [3.63, 3.8) is 0 Å². The lowest BCUT2D eigenvalue weighted by Crippen LogP contribution is -2.09. The Hall–Kier alpha value is -0.880. The maximum absolute atomic E-state index is 11.9. The Labute approximate surface area is 116 Å². The zero-order chi connectivity index (χ0) is 13.8. The molecule has 1 aromatic rings. The van der Waals surface area contributed by atoms with Gasteiger partial charge in [-0.15, -0.1) is 4.40 Å². The number of nitrogens with zero attached hydrogens (tertiary/aromatic N) is 1. The first-order chi connectivity index (χ1) is 8.31. The van der Waals surface area contributed by atoms with Crippen LogP contribution in [0.3, 0.4) is 0 Å². The summed E-state index contributed by atoms with van der Waals surface area (Å²) in [4.78, 5) is 0.151. The summed E-state index contributed by atoms with van der Waals surface area (Å²) >= 11 is 3.25. The largest absolute Gasteiger partial charge is 0.480 e. The molecule has 0 aliphatic carbocycles. The minimum absolute atomic E-state index is 0.151. The van der Waals surface area contributed by atoms with Gasteiger partial charge in [0.15, 0.2) is 5.90 Å². The lowest BCUT2D eigenvalue weighted by molar-refractivity contribution is 0.257. The molecule has 0 spiro atoms. The van der Waals surface area contributed by atoms with Crippen LogP contribution in [-0.4, -0.2) is 20.9 Å².